The Labute approximate surface area is 119 Å². The largest absolute Gasteiger partial charge is 0.480 e. The molecule has 0 aliphatic heterocycles. The summed E-state index contributed by atoms with van der Waals surface area (Å²) < 4.78 is 0. The van der Waals surface area contributed by atoms with Gasteiger partial charge >= 0.3 is 12.0 Å². The van der Waals surface area contributed by atoms with Crippen molar-refractivity contribution in [2.75, 3.05) is 6.54 Å². The minimum absolute atomic E-state index is 0.292. The number of carboxylic acids is 1. The maximum atomic E-state index is 11.7. The summed E-state index contributed by atoms with van der Waals surface area (Å²) in [6, 6.07) is -1.91. The van der Waals surface area contributed by atoms with Crippen LogP contribution < -0.4 is 16.4 Å². The quantitative estimate of drug-likeness (QED) is 0.520. The highest BCUT2D eigenvalue weighted by atomic mass is 16.4. The van der Waals surface area contributed by atoms with E-state index < -0.39 is 30.4 Å². The van der Waals surface area contributed by atoms with E-state index in [0.29, 0.717) is 24.3 Å². The molecule has 0 saturated carbocycles. The molecule has 7 nitrogen and oxygen atoms in total. The molecular formula is C13H25N3O4. The van der Waals surface area contributed by atoms with Crippen LogP contribution in [0.15, 0.2) is 0 Å². The molecule has 5 N–H and O–H groups in total. The topological polar surface area (TPSA) is 122 Å². The van der Waals surface area contributed by atoms with Crippen molar-refractivity contribution >= 4 is 17.9 Å². The Kier molecular flexibility index (Phi) is 7.64. The molecule has 1 atom stereocenters. The highest BCUT2D eigenvalue weighted by molar-refractivity contribution is 5.87. The summed E-state index contributed by atoms with van der Waals surface area (Å²) in [6.45, 7) is 8.72. The molecule has 0 saturated heterocycles. The van der Waals surface area contributed by atoms with Gasteiger partial charge in [0, 0.05) is 6.54 Å². The number of nitrogens with two attached hydrogens (primary N) is 1. The molecule has 0 heterocycles. The molecule has 3 amide bonds. The van der Waals surface area contributed by atoms with Gasteiger partial charge in [-0.3, -0.25) is 4.79 Å². The van der Waals surface area contributed by atoms with Gasteiger partial charge in [0.1, 0.15) is 6.04 Å². The minimum atomic E-state index is -1.30. The molecule has 0 fully saturated rings. The van der Waals surface area contributed by atoms with Gasteiger partial charge in [-0.2, -0.15) is 0 Å². The first-order valence-corrected chi connectivity index (χ1v) is 6.70. The summed E-state index contributed by atoms with van der Waals surface area (Å²) in [6.07, 6.45) is -0.430. The fourth-order valence-corrected chi connectivity index (χ4v) is 2.06. The van der Waals surface area contributed by atoms with E-state index >= 15 is 0 Å². The zero-order valence-electron chi connectivity index (χ0n) is 12.5. The second-order valence-corrected chi connectivity index (χ2v) is 5.57. The summed E-state index contributed by atoms with van der Waals surface area (Å²) in [5, 5.41) is 13.7. The summed E-state index contributed by atoms with van der Waals surface area (Å²) in [5.41, 5.74) is 4.93. The van der Waals surface area contributed by atoms with Crippen molar-refractivity contribution in [3.63, 3.8) is 0 Å². The zero-order chi connectivity index (χ0) is 15.9. The van der Waals surface area contributed by atoms with Crippen LogP contribution in [0.5, 0.6) is 0 Å². The molecule has 7 heteroatoms. The van der Waals surface area contributed by atoms with Crippen LogP contribution >= 0.6 is 0 Å². The highest BCUT2D eigenvalue weighted by Crippen LogP contribution is 2.19. The molecule has 0 rings (SSSR count). The number of rotatable bonds is 8. The molecule has 0 aromatic heterocycles. The van der Waals surface area contributed by atoms with Gasteiger partial charge < -0.3 is 21.5 Å². The average molecular weight is 287 g/mol. The van der Waals surface area contributed by atoms with Crippen molar-refractivity contribution in [2.45, 2.75) is 40.2 Å². The summed E-state index contributed by atoms with van der Waals surface area (Å²) in [5.74, 6) is -0.976. The highest BCUT2D eigenvalue weighted by Gasteiger charge is 2.23. The second kappa shape index (κ2) is 8.39. The number of hydrogen-bond donors (Lipinski definition) is 4. The maximum absolute atomic E-state index is 11.7. The number of carbonyl (C=O) groups is 3. The lowest BCUT2D eigenvalue weighted by atomic mass is 9.85. The molecule has 0 aromatic rings. The predicted molar refractivity (Wildman–Crippen MR) is 74.9 cm³/mol. The van der Waals surface area contributed by atoms with Gasteiger partial charge in [0.2, 0.25) is 5.91 Å². The lowest BCUT2D eigenvalue weighted by molar-refractivity contribution is -0.140. The van der Waals surface area contributed by atoms with E-state index in [1.54, 1.807) is 0 Å². The molecule has 0 spiro atoms. The normalized spacial score (nSPS) is 12.6. The Bertz CT molecular complexity index is 348. The van der Waals surface area contributed by atoms with Crippen LogP contribution in [0.2, 0.25) is 0 Å². The van der Waals surface area contributed by atoms with E-state index in [9.17, 15) is 14.4 Å². The Morgan fingerprint density at radius 1 is 1.10 bits per heavy atom. The first-order chi connectivity index (χ1) is 9.15. The van der Waals surface area contributed by atoms with Crippen LogP contribution in [-0.4, -0.2) is 35.6 Å². The van der Waals surface area contributed by atoms with Gasteiger partial charge in [-0.25, -0.2) is 9.59 Å². The number of amides is 3. The van der Waals surface area contributed by atoms with Crippen LogP contribution in [0.1, 0.15) is 34.1 Å². The lowest BCUT2D eigenvalue weighted by Crippen LogP contribution is -2.49. The van der Waals surface area contributed by atoms with E-state index in [4.69, 9.17) is 10.8 Å². The smallest absolute Gasteiger partial charge is 0.326 e. The molecular weight excluding hydrogens is 262 g/mol. The second-order valence-electron chi connectivity index (χ2n) is 5.57. The Morgan fingerprint density at radius 2 is 1.60 bits per heavy atom. The van der Waals surface area contributed by atoms with Crippen molar-refractivity contribution in [3.05, 3.63) is 0 Å². The third-order valence-corrected chi connectivity index (χ3v) is 3.22. The van der Waals surface area contributed by atoms with Crippen LogP contribution in [-0.2, 0) is 9.59 Å². The summed E-state index contributed by atoms with van der Waals surface area (Å²) in [4.78, 5) is 33.3. The first kappa shape index (κ1) is 18.2. The van der Waals surface area contributed by atoms with Gasteiger partial charge in [-0.15, -0.1) is 0 Å². The van der Waals surface area contributed by atoms with E-state index in [-0.39, 0.29) is 0 Å². The number of nitrogens with one attached hydrogen (secondary N) is 2. The Morgan fingerprint density at radius 3 is 1.95 bits per heavy atom. The SMILES string of the molecule is CC(C)C(CNC(=O)N[C@@H](CC(N)=O)C(=O)O)C(C)C. The van der Waals surface area contributed by atoms with E-state index in [1.165, 1.54) is 0 Å². The maximum Gasteiger partial charge on any atom is 0.326 e. The van der Waals surface area contributed by atoms with Crippen molar-refractivity contribution in [1.82, 2.24) is 10.6 Å². The molecule has 0 unspecified atom stereocenters. The van der Waals surface area contributed by atoms with Gasteiger partial charge in [0.05, 0.1) is 6.42 Å². The van der Waals surface area contributed by atoms with E-state index in [1.807, 2.05) is 0 Å². The fraction of sp³-hybridized carbons (Fsp3) is 0.769. The summed E-state index contributed by atoms with van der Waals surface area (Å²) >= 11 is 0. The van der Waals surface area contributed by atoms with Crippen LogP contribution in [0, 0.1) is 17.8 Å². The zero-order valence-corrected chi connectivity index (χ0v) is 12.5. The molecule has 20 heavy (non-hydrogen) atoms. The van der Waals surface area contributed by atoms with Gasteiger partial charge in [0.25, 0.3) is 0 Å². The Hall–Kier alpha value is -1.79. The van der Waals surface area contributed by atoms with E-state index in [0.717, 1.165) is 0 Å². The number of hydrogen-bond acceptors (Lipinski definition) is 3. The third-order valence-electron chi connectivity index (χ3n) is 3.22. The Balaban J connectivity index is 4.39. The molecule has 0 bridgehead atoms. The number of carbonyl (C=O) groups excluding carboxylic acids is 2. The van der Waals surface area contributed by atoms with Crippen molar-refractivity contribution < 1.29 is 19.5 Å². The molecule has 0 aliphatic rings. The number of urea groups is 1. The van der Waals surface area contributed by atoms with Crippen molar-refractivity contribution in [2.24, 2.45) is 23.5 Å². The van der Waals surface area contributed by atoms with Gasteiger partial charge in [-0.05, 0) is 17.8 Å². The lowest BCUT2D eigenvalue weighted by Gasteiger charge is -2.25. The number of primary amides is 1. The van der Waals surface area contributed by atoms with Crippen LogP contribution in [0.4, 0.5) is 4.79 Å². The number of carboxylic acid groups (broad SMARTS) is 1. The molecule has 0 aromatic carbocycles. The predicted octanol–water partition coefficient (Wildman–Crippen LogP) is 0.542. The molecule has 0 aliphatic carbocycles. The standard InChI is InChI=1S/C13H25N3O4/c1-7(2)9(8(3)4)6-15-13(20)16-10(12(18)19)5-11(14)17/h7-10H,5-6H2,1-4H3,(H2,14,17)(H,18,19)(H2,15,16,20)/t10-/m0/s1. The van der Waals surface area contributed by atoms with Gasteiger partial charge in [-0.1, -0.05) is 27.7 Å². The number of aliphatic carboxylic acids is 1. The van der Waals surface area contributed by atoms with Crippen LogP contribution in [0.3, 0.4) is 0 Å². The van der Waals surface area contributed by atoms with Crippen molar-refractivity contribution in [3.8, 4) is 0 Å². The van der Waals surface area contributed by atoms with E-state index in [2.05, 4.69) is 38.3 Å². The molecule has 0 radical (unpaired) electrons. The first-order valence-electron chi connectivity index (χ1n) is 6.70. The monoisotopic (exact) mass is 287 g/mol. The third kappa shape index (κ3) is 6.96. The van der Waals surface area contributed by atoms with Crippen molar-refractivity contribution in [1.29, 1.82) is 0 Å². The van der Waals surface area contributed by atoms with Gasteiger partial charge in [0.15, 0.2) is 0 Å². The fourth-order valence-electron chi connectivity index (χ4n) is 2.06. The minimum Gasteiger partial charge on any atom is -0.480 e. The summed E-state index contributed by atoms with van der Waals surface area (Å²) in [7, 11) is 0. The average Bonchev–Trinajstić information content (AvgIpc) is 2.26. The molecule has 116 valence electrons. The van der Waals surface area contributed by atoms with Crippen LogP contribution in [0.25, 0.3) is 0 Å².